The van der Waals surface area contributed by atoms with Crippen molar-refractivity contribution in [2.24, 2.45) is 0 Å². The molecule has 1 fully saturated rings. The minimum absolute atomic E-state index is 0.0195. The fraction of sp³-hybridized carbons (Fsp3) is 0.417. The van der Waals surface area contributed by atoms with Crippen molar-refractivity contribution >= 4 is 34.4 Å². The molecule has 7 nitrogen and oxygen atoms in total. The average Bonchev–Trinajstić information content (AvgIpc) is 3.33. The van der Waals surface area contributed by atoms with E-state index in [-0.39, 0.29) is 17.6 Å². The molecule has 0 radical (unpaired) electrons. The highest BCUT2D eigenvalue weighted by Crippen LogP contribution is 2.27. The quantitative estimate of drug-likeness (QED) is 0.410. The zero-order valence-electron chi connectivity index (χ0n) is 18.4. The SMILES string of the molecule is CCc1ccc(NC(=O)[C@H](CC)Sc2nc3ncccc3c(=O)n2C[C@@H]2CCCO2)cc1. The first-order valence-electron chi connectivity index (χ1n) is 11.1. The first-order chi connectivity index (χ1) is 15.6. The second-order valence-corrected chi connectivity index (χ2v) is 9.04. The van der Waals surface area contributed by atoms with Gasteiger partial charge in [-0.3, -0.25) is 14.2 Å². The third-order valence-electron chi connectivity index (χ3n) is 5.65. The number of hydrogen-bond donors (Lipinski definition) is 1. The summed E-state index contributed by atoms with van der Waals surface area (Å²) in [5, 5.41) is 3.57. The number of nitrogens with zero attached hydrogens (tertiary/aromatic N) is 3. The monoisotopic (exact) mass is 452 g/mol. The number of carbonyl (C=O) groups excluding carboxylic acids is 1. The van der Waals surface area contributed by atoms with Gasteiger partial charge in [0.2, 0.25) is 5.91 Å². The Morgan fingerprint density at radius 2 is 2.09 bits per heavy atom. The predicted molar refractivity (Wildman–Crippen MR) is 127 cm³/mol. The lowest BCUT2D eigenvalue weighted by atomic mass is 10.1. The van der Waals surface area contributed by atoms with Crippen LogP contribution in [0.5, 0.6) is 0 Å². The zero-order chi connectivity index (χ0) is 22.5. The van der Waals surface area contributed by atoms with E-state index in [2.05, 4.69) is 22.2 Å². The normalized spacial score (nSPS) is 16.9. The number of pyridine rings is 1. The van der Waals surface area contributed by atoms with Crippen molar-refractivity contribution in [2.45, 2.75) is 62.6 Å². The lowest BCUT2D eigenvalue weighted by Gasteiger charge is -2.19. The van der Waals surface area contributed by atoms with Gasteiger partial charge in [-0.25, -0.2) is 9.97 Å². The standard InChI is InChI=1S/C24H28N4O3S/c1-3-16-9-11-17(12-10-16)26-22(29)20(4-2)32-24-27-21-19(8-5-13-25-21)23(30)28(24)15-18-7-6-14-31-18/h5,8-13,18,20H,3-4,6-7,14-15H2,1-2H3,(H,26,29)/t18-,20-/m0/s1. The Morgan fingerprint density at radius 3 is 2.78 bits per heavy atom. The number of amides is 1. The van der Waals surface area contributed by atoms with E-state index in [0.29, 0.717) is 35.8 Å². The number of hydrogen-bond acceptors (Lipinski definition) is 6. The largest absolute Gasteiger partial charge is 0.376 e. The summed E-state index contributed by atoms with van der Waals surface area (Å²) in [6.45, 7) is 5.19. The minimum atomic E-state index is -0.398. The molecule has 1 amide bonds. The van der Waals surface area contributed by atoms with Gasteiger partial charge in [-0.05, 0) is 55.5 Å². The van der Waals surface area contributed by atoms with Crippen molar-refractivity contribution in [3.63, 3.8) is 0 Å². The Balaban J connectivity index is 1.61. The van der Waals surface area contributed by atoms with Crippen LogP contribution in [-0.4, -0.2) is 38.4 Å². The molecule has 2 aromatic heterocycles. The van der Waals surface area contributed by atoms with Gasteiger partial charge in [0.05, 0.1) is 23.3 Å². The van der Waals surface area contributed by atoms with Crippen LogP contribution in [0.2, 0.25) is 0 Å². The Morgan fingerprint density at radius 1 is 1.28 bits per heavy atom. The number of nitrogens with one attached hydrogen (secondary N) is 1. The molecule has 32 heavy (non-hydrogen) atoms. The van der Waals surface area contributed by atoms with Gasteiger partial charge in [-0.2, -0.15) is 0 Å². The Labute approximate surface area is 191 Å². The zero-order valence-corrected chi connectivity index (χ0v) is 19.2. The van der Waals surface area contributed by atoms with Crippen molar-refractivity contribution < 1.29 is 9.53 Å². The van der Waals surface area contributed by atoms with E-state index in [4.69, 9.17) is 4.74 Å². The third kappa shape index (κ3) is 5.02. The van der Waals surface area contributed by atoms with Crippen molar-refractivity contribution in [1.82, 2.24) is 14.5 Å². The molecule has 0 bridgehead atoms. The number of rotatable bonds is 8. The fourth-order valence-corrected chi connectivity index (χ4v) is 4.79. The average molecular weight is 453 g/mol. The van der Waals surface area contributed by atoms with Crippen LogP contribution >= 0.6 is 11.8 Å². The molecular weight excluding hydrogens is 424 g/mol. The van der Waals surface area contributed by atoms with E-state index in [9.17, 15) is 9.59 Å². The molecule has 4 rings (SSSR count). The van der Waals surface area contributed by atoms with E-state index in [0.717, 1.165) is 24.9 Å². The molecule has 2 atom stereocenters. The summed E-state index contributed by atoms with van der Waals surface area (Å²) in [6, 6.07) is 11.3. The second-order valence-electron chi connectivity index (χ2n) is 7.87. The highest BCUT2D eigenvalue weighted by molar-refractivity contribution is 8.00. The van der Waals surface area contributed by atoms with Gasteiger partial charge in [0.15, 0.2) is 10.8 Å². The molecule has 168 valence electrons. The molecule has 0 aliphatic carbocycles. The molecule has 0 saturated carbocycles. The maximum Gasteiger partial charge on any atom is 0.263 e. The van der Waals surface area contributed by atoms with Gasteiger partial charge in [-0.1, -0.05) is 37.7 Å². The van der Waals surface area contributed by atoms with Crippen LogP contribution in [0.25, 0.3) is 11.0 Å². The first-order valence-corrected chi connectivity index (χ1v) is 12.0. The van der Waals surface area contributed by atoms with Crippen LogP contribution in [-0.2, 0) is 22.5 Å². The Hall–Kier alpha value is -2.71. The van der Waals surface area contributed by atoms with E-state index >= 15 is 0 Å². The smallest absolute Gasteiger partial charge is 0.263 e. The molecule has 0 spiro atoms. The van der Waals surface area contributed by atoms with E-state index < -0.39 is 5.25 Å². The number of aryl methyl sites for hydroxylation is 1. The van der Waals surface area contributed by atoms with E-state index in [1.807, 2.05) is 31.2 Å². The van der Waals surface area contributed by atoms with Gasteiger partial charge in [0.1, 0.15) is 0 Å². The molecule has 0 unspecified atom stereocenters. The summed E-state index contributed by atoms with van der Waals surface area (Å²) in [7, 11) is 0. The highest BCUT2D eigenvalue weighted by atomic mass is 32.2. The molecule has 3 aromatic rings. The van der Waals surface area contributed by atoms with Crippen LogP contribution in [0, 0.1) is 0 Å². The number of thioether (sulfide) groups is 1. The van der Waals surface area contributed by atoms with Gasteiger partial charge in [0, 0.05) is 18.5 Å². The summed E-state index contributed by atoms with van der Waals surface area (Å²) in [5.41, 5.74) is 2.23. The van der Waals surface area contributed by atoms with Gasteiger partial charge >= 0.3 is 0 Å². The van der Waals surface area contributed by atoms with Gasteiger partial charge in [0.25, 0.3) is 5.56 Å². The predicted octanol–water partition coefficient (Wildman–Crippen LogP) is 4.04. The fourth-order valence-electron chi connectivity index (χ4n) is 3.78. The molecule has 1 aromatic carbocycles. The van der Waals surface area contributed by atoms with Crippen LogP contribution in [0.15, 0.2) is 52.5 Å². The maximum absolute atomic E-state index is 13.2. The van der Waals surface area contributed by atoms with Crippen molar-refractivity contribution in [2.75, 3.05) is 11.9 Å². The van der Waals surface area contributed by atoms with Gasteiger partial charge in [-0.15, -0.1) is 0 Å². The number of ether oxygens (including phenoxy) is 1. The number of aromatic nitrogens is 3. The lowest BCUT2D eigenvalue weighted by molar-refractivity contribution is -0.115. The number of fused-ring (bicyclic) bond motifs is 1. The Kier molecular flexibility index (Phi) is 7.22. The number of benzene rings is 1. The van der Waals surface area contributed by atoms with E-state index in [1.54, 1.807) is 22.9 Å². The summed E-state index contributed by atoms with van der Waals surface area (Å²) in [4.78, 5) is 35.2. The van der Waals surface area contributed by atoms with Crippen LogP contribution in [0.3, 0.4) is 0 Å². The lowest BCUT2D eigenvalue weighted by Crippen LogP contribution is -2.31. The number of anilines is 1. The second kappa shape index (κ2) is 10.3. The molecule has 1 aliphatic heterocycles. The van der Waals surface area contributed by atoms with Crippen LogP contribution in [0.4, 0.5) is 5.69 Å². The van der Waals surface area contributed by atoms with Gasteiger partial charge < -0.3 is 10.1 Å². The van der Waals surface area contributed by atoms with E-state index in [1.165, 1.54) is 17.3 Å². The van der Waals surface area contributed by atoms with Crippen molar-refractivity contribution in [3.8, 4) is 0 Å². The minimum Gasteiger partial charge on any atom is -0.376 e. The molecule has 1 saturated heterocycles. The first kappa shape index (κ1) is 22.5. The summed E-state index contributed by atoms with van der Waals surface area (Å²) in [5.74, 6) is -0.110. The highest BCUT2D eigenvalue weighted by Gasteiger charge is 2.25. The summed E-state index contributed by atoms with van der Waals surface area (Å²) < 4.78 is 7.41. The molecule has 8 heteroatoms. The third-order valence-corrected chi connectivity index (χ3v) is 7.00. The maximum atomic E-state index is 13.2. The summed E-state index contributed by atoms with van der Waals surface area (Å²) >= 11 is 1.31. The van der Waals surface area contributed by atoms with Crippen LogP contribution < -0.4 is 10.9 Å². The Bertz CT molecular complexity index is 1140. The summed E-state index contributed by atoms with van der Waals surface area (Å²) in [6.07, 6.45) is 5.05. The molecule has 3 heterocycles. The molecular formula is C24H28N4O3S. The van der Waals surface area contributed by atoms with Crippen molar-refractivity contribution in [3.05, 3.63) is 58.5 Å². The molecule has 1 N–H and O–H groups in total. The topological polar surface area (TPSA) is 86.1 Å². The molecule has 1 aliphatic rings. The number of carbonyl (C=O) groups is 1. The van der Waals surface area contributed by atoms with Crippen molar-refractivity contribution in [1.29, 1.82) is 0 Å². The van der Waals surface area contributed by atoms with Crippen LogP contribution in [0.1, 0.15) is 38.7 Å².